The second kappa shape index (κ2) is 5.80. The Balaban J connectivity index is 1.97. The number of terminal acetylenes is 1. The summed E-state index contributed by atoms with van der Waals surface area (Å²) < 4.78 is 0. The summed E-state index contributed by atoms with van der Waals surface area (Å²) in [6, 6.07) is 9.59. The highest BCUT2D eigenvalue weighted by atomic mass is 32.1. The van der Waals surface area contributed by atoms with Gasteiger partial charge < -0.3 is 5.32 Å². The Morgan fingerprint density at radius 3 is 2.83 bits per heavy atom. The molecule has 1 aromatic carbocycles. The first-order chi connectivity index (χ1) is 8.78. The van der Waals surface area contributed by atoms with Crippen molar-refractivity contribution in [3.8, 4) is 12.3 Å². The standard InChI is InChI=1S/C14H10N2OS/c1-2-14-16-12(10-18-14)15-13(17)9-8-11-6-4-3-5-7-11/h1,3-10H,(H,15,17)/b9-8+. The maximum Gasteiger partial charge on any atom is 0.249 e. The molecule has 0 spiro atoms. The molecule has 1 amide bonds. The van der Waals surface area contributed by atoms with Gasteiger partial charge in [0.25, 0.3) is 0 Å². The lowest BCUT2D eigenvalue weighted by atomic mass is 10.2. The van der Waals surface area contributed by atoms with E-state index < -0.39 is 0 Å². The average Bonchev–Trinajstić information content (AvgIpc) is 2.85. The molecule has 88 valence electrons. The highest BCUT2D eigenvalue weighted by molar-refractivity contribution is 7.10. The highest BCUT2D eigenvalue weighted by Gasteiger charge is 2.01. The van der Waals surface area contributed by atoms with Crippen molar-refractivity contribution < 1.29 is 4.79 Å². The van der Waals surface area contributed by atoms with Crippen molar-refractivity contribution in [2.75, 3.05) is 5.32 Å². The highest BCUT2D eigenvalue weighted by Crippen LogP contribution is 2.12. The van der Waals surface area contributed by atoms with Gasteiger partial charge in [0, 0.05) is 11.5 Å². The van der Waals surface area contributed by atoms with Gasteiger partial charge in [-0.15, -0.1) is 17.8 Å². The minimum absolute atomic E-state index is 0.229. The molecule has 0 bridgehead atoms. The molecule has 2 rings (SSSR count). The molecule has 0 aliphatic carbocycles. The van der Waals surface area contributed by atoms with Crippen molar-refractivity contribution in [1.29, 1.82) is 0 Å². The smallest absolute Gasteiger partial charge is 0.249 e. The predicted molar refractivity (Wildman–Crippen MR) is 74.2 cm³/mol. The minimum atomic E-state index is -0.229. The van der Waals surface area contributed by atoms with Crippen LogP contribution in [0.1, 0.15) is 10.6 Å². The van der Waals surface area contributed by atoms with Gasteiger partial charge in [0.05, 0.1) is 0 Å². The normalized spacial score (nSPS) is 10.2. The Labute approximate surface area is 109 Å². The molecule has 1 aromatic heterocycles. The van der Waals surface area contributed by atoms with E-state index in [0.717, 1.165) is 5.56 Å². The molecule has 2 aromatic rings. The number of amides is 1. The van der Waals surface area contributed by atoms with Crippen molar-refractivity contribution in [3.05, 3.63) is 52.4 Å². The van der Waals surface area contributed by atoms with Crippen LogP contribution in [0.4, 0.5) is 5.82 Å². The van der Waals surface area contributed by atoms with Crippen LogP contribution in [0, 0.1) is 12.3 Å². The quantitative estimate of drug-likeness (QED) is 0.676. The summed E-state index contributed by atoms with van der Waals surface area (Å²) in [5, 5.41) is 4.91. The number of rotatable bonds is 3. The zero-order valence-electron chi connectivity index (χ0n) is 9.46. The van der Waals surface area contributed by atoms with E-state index in [9.17, 15) is 4.79 Å². The van der Waals surface area contributed by atoms with Gasteiger partial charge in [0.2, 0.25) is 5.91 Å². The van der Waals surface area contributed by atoms with Gasteiger partial charge in [-0.1, -0.05) is 30.3 Å². The van der Waals surface area contributed by atoms with E-state index in [1.807, 2.05) is 30.3 Å². The van der Waals surface area contributed by atoms with Crippen LogP contribution in [-0.4, -0.2) is 10.9 Å². The van der Waals surface area contributed by atoms with Crippen molar-refractivity contribution in [1.82, 2.24) is 4.98 Å². The van der Waals surface area contributed by atoms with E-state index in [-0.39, 0.29) is 5.91 Å². The molecule has 0 radical (unpaired) electrons. The first-order valence-electron chi connectivity index (χ1n) is 5.24. The zero-order valence-corrected chi connectivity index (χ0v) is 10.3. The number of nitrogens with one attached hydrogen (secondary N) is 1. The second-order valence-electron chi connectivity index (χ2n) is 3.42. The molecule has 3 nitrogen and oxygen atoms in total. The average molecular weight is 254 g/mol. The molecule has 0 saturated heterocycles. The number of hydrogen-bond donors (Lipinski definition) is 1. The van der Waals surface area contributed by atoms with Crippen molar-refractivity contribution in [2.45, 2.75) is 0 Å². The molecule has 18 heavy (non-hydrogen) atoms. The molecule has 0 fully saturated rings. The van der Waals surface area contributed by atoms with Crippen molar-refractivity contribution >= 4 is 29.1 Å². The molecule has 0 atom stereocenters. The van der Waals surface area contributed by atoms with Crippen LogP contribution >= 0.6 is 11.3 Å². The minimum Gasteiger partial charge on any atom is -0.306 e. The Bertz CT molecular complexity index is 608. The van der Waals surface area contributed by atoms with Gasteiger partial charge in [-0.25, -0.2) is 4.98 Å². The third-order valence-electron chi connectivity index (χ3n) is 2.11. The Hall–Kier alpha value is -2.38. The fraction of sp³-hybridized carbons (Fsp3) is 0. The molecular weight excluding hydrogens is 244 g/mol. The van der Waals surface area contributed by atoms with Gasteiger partial charge >= 0.3 is 0 Å². The van der Waals surface area contributed by atoms with Crippen molar-refractivity contribution in [3.63, 3.8) is 0 Å². The van der Waals surface area contributed by atoms with Crippen LogP contribution < -0.4 is 5.32 Å². The maximum atomic E-state index is 11.6. The van der Waals surface area contributed by atoms with Crippen LogP contribution in [-0.2, 0) is 4.79 Å². The summed E-state index contributed by atoms with van der Waals surface area (Å²) >= 11 is 1.32. The first kappa shape index (κ1) is 12.1. The number of nitrogens with zero attached hydrogens (tertiary/aromatic N) is 1. The van der Waals surface area contributed by atoms with Gasteiger partial charge in [0.15, 0.2) is 5.01 Å². The summed E-state index contributed by atoms with van der Waals surface area (Å²) in [5.74, 6) is 2.67. The van der Waals surface area contributed by atoms with Crippen LogP contribution in [0.15, 0.2) is 41.8 Å². The first-order valence-corrected chi connectivity index (χ1v) is 6.12. The third kappa shape index (κ3) is 3.30. The molecule has 0 aliphatic heterocycles. The summed E-state index contributed by atoms with van der Waals surface area (Å²) in [6.45, 7) is 0. The molecule has 4 heteroatoms. The van der Waals surface area contributed by atoms with E-state index in [4.69, 9.17) is 6.42 Å². The van der Waals surface area contributed by atoms with E-state index in [0.29, 0.717) is 10.8 Å². The largest absolute Gasteiger partial charge is 0.306 e. The second-order valence-corrected chi connectivity index (χ2v) is 4.27. The molecule has 0 unspecified atom stereocenters. The number of benzene rings is 1. The number of hydrogen-bond acceptors (Lipinski definition) is 3. The molecular formula is C14H10N2OS. The zero-order chi connectivity index (χ0) is 12.8. The summed E-state index contributed by atoms with van der Waals surface area (Å²) in [6.07, 6.45) is 8.40. The van der Waals surface area contributed by atoms with E-state index in [1.165, 1.54) is 17.4 Å². The summed E-state index contributed by atoms with van der Waals surface area (Å²) in [4.78, 5) is 15.6. The SMILES string of the molecule is C#Cc1nc(NC(=O)/C=C/c2ccccc2)cs1. The molecule has 1 heterocycles. The Kier molecular flexibility index (Phi) is 3.90. The number of anilines is 1. The number of carbonyl (C=O) groups excluding carboxylic acids is 1. The fourth-order valence-electron chi connectivity index (χ4n) is 1.30. The van der Waals surface area contributed by atoms with E-state index in [1.54, 1.807) is 11.5 Å². The summed E-state index contributed by atoms with van der Waals surface area (Å²) in [7, 11) is 0. The van der Waals surface area contributed by atoms with Gasteiger partial charge in [-0.05, 0) is 17.6 Å². The van der Waals surface area contributed by atoms with Crippen LogP contribution in [0.3, 0.4) is 0 Å². The van der Waals surface area contributed by atoms with Crippen LogP contribution in [0.2, 0.25) is 0 Å². The Morgan fingerprint density at radius 2 is 2.17 bits per heavy atom. The lowest BCUT2D eigenvalue weighted by Gasteiger charge is -1.95. The van der Waals surface area contributed by atoms with Gasteiger partial charge in [-0.2, -0.15) is 0 Å². The molecule has 0 aliphatic rings. The lowest BCUT2D eigenvalue weighted by Crippen LogP contribution is -2.07. The van der Waals surface area contributed by atoms with E-state index >= 15 is 0 Å². The monoisotopic (exact) mass is 254 g/mol. The van der Waals surface area contributed by atoms with Crippen molar-refractivity contribution in [2.24, 2.45) is 0 Å². The van der Waals surface area contributed by atoms with Gasteiger partial charge in [0.1, 0.15) is 5.82 Å². The predicted octanol–water partition coefficient (Wildman–Crippen LogP) is 2.78. The van der Waals surface area contributed by atoms with E-state index in [2.05, 4.69) is 16.2 Å². The fourth-order valence-corrected chi connectivity index (χ4v) is 1.86. The number of aromatic nitrogens is 1. The number of thiazole rings is 1. The van der Waals surface area contributed by atoms with Crippen LogP contribution in [0.5, 0.6) is 0 Å². The molecule has 1 N–H and O–H groups in total. The maximum absolute atomic E-state index is 11.6. The van der Waals surface area contributed by atoms with Gasteiger partial charge in [-0.3, -0.25) is 4.79 Å². The molecule has 0 saturated carbocycles. The Morgan fingerprint density at radius 1 is 1.39 bits per heavy atom. The van der Waals surface area contributed by atoms with Crippen LogP contribution in [0.25, 0.3) is 6.08 Å². The topological polar surface area (TPSA) is 42.0 Å². The number of carbonyl (C=O) groups is 1. The lowest BCUT2D eigenvalue weighted by molar-refractivity contribution is -0.111. The third-order valence-corrected chi connectivity index (χ3v) is 2.88. The summed E-state index contributed by atoms with van der Waals surface area (Å²) in [5.41, 5.74) is 0.968.